The molecule has 1 fully saturated rings. The Hall–Kier alpha value is -2.78. The van der Waals surface area contributed by atoms with Gasteiger partial charge in [0, 0.05) is 30.6 Å². The van der Waals surface area contributed by atoms with Crippen LogP contribution in [0.5, 0.6) is 11.5 Å². The fourth-order valence-electron chi connectivity index (χ4n) is 3.54. The maximum absolute atomic E-state index is 12.8. The van der Waals surface area contributed by atoms with Gasteiger partial charge < -0.3 is 25.2 Å². The topological polar surface area (TPSA) is 79.8 Å². The molecule has 3 N–H and O–H groups in total. The number of benzene rings is 2. The zero-order valence-corrected chi connectivity index (χ0v) is 16.5. The Morgan fingerprint density at radius 3 is 2.23 bits per heavy atom. The number of ether oxygens (including phenoxy) is 2. The van der Waals surface area contributed by atoms with E-state index in [4.69, 9.17) is 9.47 Å². The van der Waals surface area contributed by atoms with Crippen molar-refractivity contribution in [1.82, 2.24) is 10.6 Å². The summed E-state index contributed by atoms with van der Waals surface area (Å²) in [6.07, 6.45) is -5.71. The summed E-state index contributed by atoms with van der Waals surface area (Å²) in [5.74, 6) is -0.326. The predicted octanol–water partition coefficient (Wildman–Crippen LogP) is 2.83. The second-order valence-corrected chi connectivity index (χ2v) is 7.05. The molecule has 0 aromatic heterocycles. The van der Waals surface area contributed by atoms with E-state index in [0.29, 0.717) is 35.7 Å². The molecule has 1 heterocycles. The molecule has 0 unspecified atom stereocenters. The third-order valence-corrected chi connectivity index (χ3v) is 5.19. The molecule has 0 aliphatic carbocycles. The maximum Gasteiger partial charge on any atom is 0.416 e. The van der Waals surface area contributed by atoms with Crippen molar-refractivity contribution in [3.8, 4) is 11.5 Å². The molecule has 0 spiro atoms. The van der Waals surface area contributed by atoms with E-state index in [1.165, 1.54) is 26.4 Å². The fourth-order valence-corrected chi connectivity index (χ4v) is 3.54. The van der Waals surface area contributed by atoms with Crippen LogP contribution in [0.25, 0.3) is 0 Å². The van der Waals surface area contributed by atoms with E-state index in [2.05, 4.69) is 10.6 Å². The molecular weight excluding hydrogens is 401 g/mol. The largest absolute Gasteiger partial charge is 0.497 e. The molecule has 2 aromatic rings. The predicted molar refractivity (Wildman–Crippen MR) is 103 cm³/mol. The molecule has 9 heteroatoms. The molecule has 1 aliphatic rings. The van der Waals surface area contributed by atoms with Crippen molar-refractivity contribution >= 4 is 5.91 Å². The van der Waals surface area contributed by atoms with E-state index < -0.39 is 29.8 Å². The van der Waals surface area contributed by atoms with Crippen LogP contribution in [0.1, 0.15) is 28.8 Å². The zero-order valence-electron chi connectivity index (χ0n) is 16.5. The van der Waals surface area contributed by atoms with Crippen LogP contribution in [-0.4, -0.2) is 38.3 Å². The molecule has 0 saturated carbocycles. The summed E-state index contributed by atoms with van der Waals surface area (Å²) in [5.41, 5.74) is 0.280. The van der Waals surface area contributed by atoms with Crippen molar-refractivity contribution in [1.29, 1.82) is 0 Å². The molecule has 6 nitrogen and oxygen atoms in total. The molecule has 162 valence electrons. The van der Waals surface area contributed by atoms with Crippen LogP contribution in [0.15, 0.2) is 42.5 Å². The Morgan fingerprint density at radius 2 is 1.70 bits per heavy atom. The van der Waals surface area contributed by atoms with Gasteiger partial charge in [-0.2, -0.15) is 13.2 Å². The monoisotopic (exact) mass is 424 g/mol. The molecule has 1 saturated heterocycles. The Bertz CT molecular complexity index is 865. The molecule has 2 aromatic carbocycles. The van der Waals surface area contributed by atoms with Gasteiger partial charge in [0.1, 0.15) is 11.5 Å². The van der Waals surface area contributed by atoms with Gasteiger partial charge in [-0.25, -0.2) is 0 Å². The van der Waals surface area contributed by atoms with E-state index in [1.54, 1.807) is 18.2 Å². The first-order valence-electron chi connectivity index (χ1n) is 9.32. The highest BCUT2D eigenvalue weighted by molar-refractivity contribution is 5.80. The van der Waals surface area contributed by atoms with Crippen LogP contribution >= 0.6 is 0 Å². The summed E-state index contributed by atoms with van der Waals surface area (Å²) in [7, 11) is 2.95. The molecule has 0 bridgehead atoms. The van der Waals surface area contributed by atoms with Crippen LogP contribution in [-0.2, 0) is 11.0 Å². The highest BCUT2D eigenvalue weighted by Gasteiger charge is 2.36. The van der Waals surface area contributed by atoms with Crippen LogP contribution in [0.4, 0.5) is 13.2 Å². The minimum absolute atomic E-state index is 0.306. The second kappa shape index (κ2) is 8.93. The van der Waals surface area contributed by atoms with Crippen molar-refractivity contribution in [2.75, 3.05) is 27.3 Å². The Kier molecular flexibility index (Phi) is 6.52. The minimum atomic E-state index is -4.41. The van der Waals surface area contributed by atoms with Gasteiger partial charge in [0.15, 0.2) is 6.23 Å². The quantitative estimate of drug-likeness (QED) is 0.622. The van der Waals surface area contributed by atoms with Gasteiger partial charge in [-0.05, 0) is 29.8 Å². The van der Waals surface area contributed by atoms with Crippen molar-refractivity contribution in [3.63, 3.8) is 0 Å². The zero-order chi connectivity index (χ0) is 21.9. The van der Waals surface area contributed by atoms with Gasteiger partial charge >= 0.3 is 6.18 Å². The number of alkyl halides is 3. The molecule has 0 radical (unpaired) electrons. The van der Waals surface area contributed by atoms with Gasteiger partial charge in [-0.1, -0.05) is 12.1 Å². The van der Waals surface area contributed by atoms with E-state index in [1.807, 2.05) is 0 Å². The molecule has 3 rings (SSSR count). The number of rotatable bonds is 6. The summed E-state index contributed by atoms with van der Waals surface area (Å²) in [6.45, 7) is 0.804. The normalized spacial score (nSPS) is 19.9. The maximum atomic E-state index is 12.8. The second-order valence-electron chi connectivity index (χ2n) is 7.05. The van der Waals surface area contributed by atoms with Crippen LogP contribution < -0.4 is 20.1 Å². The summed E-state index contributed by atoms with van der Waals surface area (Å²) in [6, 6.07) is 9.61. The molecular formula is C21H23F3N2O4. The highest BCUT2D eigenvalue weighted by atomic mass is 19.4. The standard InChI is InChI=1S/C21H23F3N2O4/c1-29-15-7-13(8-16(9-15)30-2)19(27)26-20(28)18-11-25-10-17(18)12-3-5-14(6-4-12)21(22,23)24/h3-9,17-19,25,27H,10-11H2,1-2H3,(H,26,28)/t17-,18+,19-/m0/s1. The highest BCUT2D eigenvalue weighted by Crippen LogP contribution is 2.33. The number of carbonyl (C=O) groups excluding carboxylic acids is 1. The lowest BCUT2D eigenvalue weighted by Gasteiger charge is -2.22. The van der Waals surface area contributed by atoms with Gasteiger partial charge in [0.25, 0.3) is 0 Å². The number of hydrogen-bond acceptors (Lipinski definition) is 5. The molecule has 3 atom stereocenters. The van der Waals surface area contributed by atoms with Crippen LogP contribution in [0, 0.1) is 5.92 Å². The van der Waals surface area contributed by atoms with E-state index in [0.717, 1.165) is 12.1 Å². The summed E-state index contributed by atoms with van der Waals surface area (Å²) in [5, 5.41) is 16.1. The molecule has 1 aliphatic heterocycles. The smallest absolute Gasteiger partial charge is 0.416 e. The Morgan fingerprint density at radius 1 is 1.10 bits per heavy atom. The van der Waals surface area contributed by atoms with Crippen LogP contribution in [0.3, 0.4) is 0 Å². The first-order valence-corrected chi connectivity index (χ1v) is 9.32. The minimum Gasteiger partial charge on any atom is -0.497 e. The Balaban J connectivity index is 1.73. The lowest BCUT2D eigenvalue weighted by atomic mass is 9.87. The van der Waals surface area contributed by atoms with E-state index in [9.17, 15) is 23.1 Å². The van der Waals surface area contributed by atoms with Crippen molar-refractivity contribution in [3.05, 3.63) is 59.2 Å². The van der Waals surface area contributed by atoms with Gasteiger partial charge in [-0.15, -0.1) is 0 Å². The number of nitrogens with one attached hydrogen (secondary N) is 2. The lowest BCUT2D eigenvalue weighted by Crippen LogP contribution is -2.36. The van der Waals surface area contributed by atoms with E-state index in [-0.39, 0.29) is 5.92 Å². The number of halogens is 3. The summed E-state index contributed by atoms with van der Waals surface area (Å²) in [4.78, 5) is 12.8. The number of methoxy groups -OCH3 is 2. The first-order chi connectivity index (χ1) is 14.2. The van der Waals surface area contributed by atoms with Gasteiger partial charge in [-0.3, -0.25) is 4.79 Å². The summed E-state index contributed by atoms with van der Waals surface area (Å²) < 4.78 is 48.7. The first kappa shape index (κ1) is 21.9. The molecule has 1 amide bonds. The number of amides is 1. The number of hydrogen-bond donors (Lipinski definition) is 3. The van der Waals surface area contributed by atoms with Gasteiger partial charge in [0.2, 0.25) is 5.91 Å². The third-order valence-electron chi connectivity index (χ3n) is 5.19. The number of aliphatic hydroxyl groups is 1. The fraction of sp³-hybridized carbons (Fsp3) is 0.381. The average molecular weight is 424 g/mol. The van der Waals surface area contributed by atoms with Crippen molar-refractivity contribution < 1.29 is 32.5 Å². The molecule has 30 heavy (non-hydrogen) atoms. The van der Waals surface area contributed by atoms with Crippen molar-refractivity contribution in [2.24, 2.45) is 5.92 Å². The third kappa shape index (κ3) is 4.85. The Labute approximate surface area is 172 Å². The SMILES string of the molecule is COc1cc(OC)cc([C@H](O)NC(=O)[C@@H]2CNC[C@H]2c2ccc(C(F)(F)F)cc2)c1. The van der Waals surface area contributed by atoms with Gasteiger partial charge in [0.05, 0.1) is 25.7 Å². The summed E-state index contributed by atoms with van der Waals surface area (Å²) >= 11 is 0. The van der Waals surface area contributed by atoms with Crippen molar-refractivity contribution in [2.45, 2.75) is 18.3 Å². The lowest BCUT2D eigenvalue weighted by molar-refractivity contribution is -0.137. The van der Waals surface area contributed by atoms with E-state index >= 15 is 0 Å². The average Bonchev–Trinajstić information content (AvgIpc) is 3.22. The number of aliphatic hydroxyl groups excluding tert-OH is 1. The number of carbonyl (C=O) groups is 1. The van der Waals surface area contributed by atoms with Crippen LogP contribution in [0.2, 0.25) is 0 Å².